The van der Waals surface area contributed by atoms with E-state index in [2.05, 4.69) is 15.3 Å². The summed E-state index contributed by atoms with van der Waals surface area (Å²) in [5, 5.41) is 3.12. The summed E-state index contributed by atoms with van der Waals surface area (Å²) in [5.41, 5.74) is 0.571. The molecule has 0 atom stereocenters. The molecule has 2 aromatic heterocycles. The van der Waals surface area contributed by atoms with Gasteiger partial charge in [-0.1, -0.05) is 0 Å². The fourth-order valence-corrected chi connectivity index (χ4v) is 2.58. The quantitative estimate of drug-likeness (QED) is 0.853. The van der Waals surface area contributed by atoms with Gasteiger partial charge in [0.1, 0.15) is 0 Å². The summed E-state index contributed by atoms with van der Waals surface area (Å²) in [6, 6.07) is 3.61. The number of nitrogens with one attached hydrogen (secondary N) is 1. The smallest absolute Gasteiger partial charge is 0.399 e. The molecule has 1 fully saturated rings. The van der Waals surface area contributed by atoms with E-state index in [-0.39, 0.29) is 5.56 Å². The highest BCUT2D eigenvalue weighted by molar-refractivity contribution is 6.63. The van der Waals surface area contributed by atoms with Gasteiger partial charge >= 0.3 is 7.12 Å². The fourth-order valence-electron chi connectivity index (χ4n) is 2.58. The molecular weight excluding hydrogens is 319 g/mol. The molecule has 1 aliphatic rings. The van der Waals surface area contributed by atoms with Crippen molar-refractivity contribution in [2.24, 2.45) is 7.05 Å². The zero-order chi connectivity index (χ0) is 18.4. The Bertz CT molecular complexity index is 847. The minimum Gasteiger partial charge on any atom is -0.399 e. The van der Waals surface area contributed by atoms with Gasteiger partial charge in [-0.2, -0.15) is 0 Å². The Morgan fingerprint density at radius 1 is 1.16 bits per heavy atom. The van der Waals surface area contributed by atoms with Gasteiger partial charge in [0.05, 0.1) is 16.7 Å². The second-order valence-corrected chi connectivity index (χ2v) is 7.29. The Labute approximate surface area is 147 Å². The molecule has 8 heteroatoms. The molecule has 2 aromatic rings. The third kappa shape index (κ3) is 3.19. The Kier molecular flexibility index (Phi) is 4.21. The SMILES string of the molecule is Cc1ccnc(Nc2ccn(C)c(=O)c2B2OC(C)(C)C(C)(C)O2)n1. The molecule has 1 aliphatic heterocycles. The lowest BCUT2D eigenvalue weighted by molar-refractivity contribution is 0.00578. The third-order valence-electron chi connectivity index (χ3n) is 4.84. The van der Waals surface area contributed by atoms with Crippen molar-refractivity contribution >= 4 is 24.2 Å². The van der Waals surface area contributed by atoms with E-state index in [4.69, 9.17) is 9.31 Å². The first kappa shape index (κ1) is 17.6. The molecule has 0 aromatic carbocycles. The first-order valence-corrected chi connectivity index (χ1v) is 8.22. The topological polar surface area (TPSA) is 78.3 Å². The number of aryl methyl sites for hydroxylation is 2. The summed E-state index contributed by atoms with van der Waals surface area (Å²) in [7, 11) is 0.932. The first-order chi connectivity index (χ1) is 11.6. The number of hydrogen-bond donors (Lipinski definition) is 1. The highest BCUT2D eigenvalue weighted by atomic mass is 16.7. The maximum Gasteiger partial charge on any atom is 0.502 e. The largest absolute Gasteiger partial charge is 0.502 e. The minimum atomic E-state index is -0.766. The van der Waals surface area contributed by atoms with Crippen LogP contribution < -0.4 is 16.3 Å². The lowest BCUT2D eigenvalue weighted by Crippen LogP contribution is -2.48. The van der Waals surface area contributed by atoms with Gasteiger partial charge in [-0.25, -0.2) is 9.97 Å². The van der Waals surface area contributed by atoms with Crippen molar-refractivity contribution in [1.29, 1.82) is 0 Å². The van der Waals surface area contributed by atoms with Crippen molar-refractivity contribution in [2.75, 3.05) is 5.32 Å². The van der Waals surface area contributed by atoms with Crippen molar-refractivity contribution in [1.82, 2.24) is 14.5 Å². The zero-order valence-corrected chi connectivity index (χ0v) is 15.5. The predicted octanol–water partition coefficient (Wildman–Crippen LogP) is 1.53. The van der Waals surface area contributed by atoms with E-state index in [9.17, 15) is 4.79 Å². The fraction of sp³-hybridized carbons (Fsp3) is 0.471. The number of hydrogen-bond acceptors (Lipinski definition) is 6. The third-order valence-corrected chi connectivity index (χ3v) is 4.84. The molecule has 25 heavy (non-hydrogen) atoms. The molecule has 0 bridgehead atoms. The van der Waals surface area contributed by atoms with E-state index >= 15 is 0 Å². The average Bonchev–Trinajstić information content (AvgIpc) is 2.71. The molecule has 0 unspecified atom stereocenters. The van der Waals surface area contributed by atoms with Gasteiger partial charge in [0.25, 0.3) is 5.56 Å². The normalized spacial score (nSPS) is 18.4. The Morgan fingerprint density at radius 2 is 1.80 bits per heavy atom. The summed E-state index contributed by atoms with van der Waals surface area (Å²) in [5.74, 6) is 0.422. The van der Waals surface area contributed by atoms with E-state index in [1.165, 1.54) is 4.57 Å². The van der Waals surface area contributed by atoms with Gasteiger partial charge in [-0.05, 0) is 46.8 Å². The van der Waals surface area contributed by atoms with Gasteiger partial charge in [-0.3, -0.25) is 4.79 Å². The van der Waals surface area contributed by atoms with E-state index in [0.717, 1.165) is 5.69 Å². The molecular formula is C17H23BN4O3. The van der Waals surface area contributed by atoms with Gasteiger partial charge in [0.2, 0.25) is 5.95 Å². The first-order valence-electron chi connectivity index (χ1n) is 8.22. The number of pyridine rings is 1. The maximum atomic E-state index is 12.8. The molecule has 0 amide bonds. The summed E-state index contributed by atoms with van der Waals surface area (Å²) in [6.45, 7) is 9.70. The monoisotopic (exact) mass is 342 g/mol. The summed E-state index contributed by atoms with van der Waals surface area (Å²) < 4.78 is 13.6. The van der Waals surface area contributed by atoms with Crippen LogP contribution in [0.4, 0.5) is 11.6 Å². The van der Waals surface area contributed by atoms with Crippen molar-refractivity contribution < 1.29 is 9.31 Å². The standard InChI is InChI=1S/C17H23BN4O3/c1-11-7-9-19-15(20-11)21-12-8-10-22(6)14(23)13(12)18-24-16(2,3)17(4,5)25-18/h7-10H,1-6H3,(H,19,20,21). The second-order valence-electron chi connectivity index (χ2n) is 7.29. The van der Waals surface area contributed by atoms with Crippen LogP contribution in [0.1, 0.15) is 33.4 Å². The average molecular weight is 342 g/mol. The number of aromatic nitrogens is 3. The Hall–Kier alpha value is -2.19. The molecule has 7 nitrogen and oxygen atoms in total. The van der Waals surface area contributed by atoms with Crippen LogP contribution in [0.25, 0.3) is 0 Å². The van der Waals surface area contributed by atoms with Crippen molar-refractivity contribution in [2.45, 2.75) is 45.8 Å². The van der Waals surface area contributed by atoms with E-state index in [0.29, 0.717) is 17.1 Å². The summed E-state index contributed by atoms with van der Waals surface area (Å²) >= 11 is 0. The van der Waals surface area contributed by atoms with Crippen LogP contribution in [-0.2, 0) is 16.4 Å². The maximum absolute atomic E-state index is 12.8. The van der Waals surface area contributed by atoms with Crippen molar-refractivity contribution in [3.8, 4) is 0 Å². The molecule has 3 rings (SSSR count). The number of anilines is 2. The van der Waals surface area contributed by atoms with Crippen LogP contribution in [0, 0.1) is 6.92 Å². The van der Waals surface area contributed by atoms with E-state index in [1.54, 1.807) is 25.5 Å². The van der Waals surface area contributed by atoms with E-state index in [1.807, 2.05) is 40.7 Å². The molecule has 0 radical (unpaired) electrons. The number of nitrogens with zero attached hydrogens (tertiary/aromatic N) is 3. The van der Waals surface area contributed by atoms with Crippen LogP contribution in [0.3, 0.4) is 0 Å². The highest BCUT2D eigenvalue weighted by Gasteiger charge is 2.53. The molecule has 0 aliphatic carbocycles. The summed E-state index contributed by atoms with van der Waals surface area (Å²) in [6.07, 6.45) is 3.36. The van der Waals surface area contributed by atoms with Crippen LogP contribution in [-0.4, -0.2) is 32.9 Å². The molecule has 3 heterocycles. The molecule has 1 saturated heterocycles. The predicted molar refractivity (Wildman–Crippen MR) is 97.5 cm³/mol. The number of rotatable bonds is 3. The summed E-state index contributed by atoms with van der Waals surface area (Å²) in [4.78, 5) is 21.3. The van der Waals surface area contributed by atoms with Crippen molar-refractivity contribution in [3.63, 3.8) is 0 Å². The lowest BCUT2D eigenvalue weighted by atomic mass is 9.78. The van der Waals surface area contributed by atoms with Crippen LogP contribution >= 0.6 is 0 Å². The Balaban J connectivity index is 2.04. The van der Waals surface area contributed by atoms with Crippen LogP contribution in [0.2, 0.25) is 0 Å². The Morgan fingerprint density at radius 3 is 2.40 bits per heavy atom. The van der Waals surface area contributed by atoms with E-state index < -0.39 is 18.3 Å². The molecule has 0 spiro atoms. The minimum absolute atomic E-state index is 0.184. The van der Waals surface area contributed by atoms with Gasteiger partial charge < -0.3 is 19.2 Å². The zero-order valence-electron chi connectivity index (χ0n) is 15.5. The lowest BCUT2D eigenvalue weighted by Gasteiger charge is -2.32. The molecule has 132 valence electrons. The second kappa shape index (κ2) is 5.96. The van der Waals surface area contributed by atoms with Gasteiger partial charge in [0, 0.05) is 30.8 Å². The molecule has 1 N–H and O–H groups in total. The molecule has 0 saturated carbocycles. The van der Waals surface area contributed by atoms with Crippen LogP contribution in [0.5, 0.6) is 0 Å². The van der Waals surface area contributed by atoms with Crippen molar-refractivity contribution in [3.05, 3.63) is 40.6 Å². The van der Waals surface area contributed by atoms with Gasteiger partial charge in [0.15, 0.2) is 0 Å². The highest BCUT2D eigenvalue weighted by Crippen LogP contribution is 2.36. The van der Waals surface area contributed by atoms with Gasteiger partial charge in [-0.15, -0.1) is 0 Å². The van der Waals surface area contributed by atoms with Crippen LogP contribution in [0.15, 0.2) is 29.3 Å².